The molecule has 2 rings (SSSR count). The van der Waals surface area contributed by atoms with Crippen LogP contribution in [-0.4, -0.2) is 35.2 Å². The smallest absolute Gasteiger partial charge is 0.304 e. The zero-order chi connectivity index (χ0) is 17.9. The van der Waals surface area contributed by atoms with Crippen molar-refractivity contribution in [3.8, 4) is 11.3 Å². The number of aromatic nitrogens is 2. The van der Waals surface area contributed by atoms with Crippen molar-refractivity contribution >= 4 is 11.7 Å². The minimum Gasteiger partial charge on any atom is -0.304 e. The Balaban J connectivity index is 2.45. The van der Waals surface area contributed by atoms with Crippen LogP contribution in [-0.2, 0) is 11.0 Å². The van der Waals surface area contributed by atoms with E-state index in [2.05, 4.69) is 14.8 Å². The molecule has 0 bridgehead atoms. The maximum absolute atomic E-state index is 13.2. The molecular weight excluding hydrogens is 332 g/mol. The highest BCUT2D eigenvalue weighted by molar-refractivity contribution is 5.89. The number of amides is 2. The average molecular weight is 344 g/mol. The van der Waals surface area contributed by atoms with Crippen molar-refractivity contribution in [3.05, 3.63) is 42.1 Å². The maximum Gasteiger partial charge on any atom is 0.435 e. The first-order chi connectivity index (χ1) is 11.2. The molecule has 2 aromatic heterocycles. The van der Waals surface area contributed by atoms with E-state index in [1.54, 1.807) is 0 Å². The van der Waals surface area contributed by atoms with Gasteiger partial charge in [0.2, 0.25) is 0 Å². The summed E-state index contributed by atoms with van der Waals surface area (Å²) in [5.74, 6) is -0.707. The second kappa shape index (κ2) is 6.79. The Morgan fingerprint density at radius 1 is 1.29 bits per heavy atom. The van der Waals surface area contributed by atoms with Gasteiger partial charge in [0.05, 0.1) is 24.7 Å². The molecule has 6 nitrogen and oxygen atoms in total. The van der Waals surface area contributed by atoms with E-state index in [0.29, 0.717) is 5.06 Å². The number of rotatable bonds is 3. The molecule has 0 aliphatic carbocycles. The second-order valence-corrected chi connectivity index (χ2v) is 4.59. The van der Waals surface area contributed by atoms with Crippen LogP contribution in [0.2, 0.25) is 0 Å². The Kier molecular flexibility index (Phi) is 4.98. The van der Waals surface area contributed by atoms with E-state index < -0.39 is 29.4 Å². The molecule has 2 aromatic rings. The van der Waals surface area contributed by atoms with Crippen LogP contribution in [0, 0.1) is 5.82 Å². The number of hydrogen-bond donors (Lipinski definition) is 1. The third-order valence-electron chi connectivity index (χ3n) is 2.97. The monoisotopic (exact) mass is 344 g/mol. The number of halogens is 4. The quantitative estimate of drug-likeness (QED) is 0.685. The fraction of sp³-hybridized carbons (Fsp3) is 0.214. The number of carbonyl (C=O) groups excluding carboxylic acids is 1. The molecule has 0 aromatic carbocycles. The number of alkyl halides is 3. The van der Waals surface area contributed by atoms with Gasteiger partial charge in [-0.3, -0.25) is 9.82 Å². The molecule has 2 heterocycles. The number of nitrogens with zero attached hydrogens (tertiary/aromatic N) is 3. The van der Waals surface area contributed by atoms with Gasteiger partial charge in [0.1, 0.15) is 5.82 Å². The van der Waals surface area contributed by atoms with Gasteiger partial charge >= 0.3 is 12.2 Å². The van der Waals surface area contributed by atoms with Crippen LogP contribution in [0.15, 0.2) is 30.6 Å². The lowest BCUT2D eigenvalue weighted by Gasteiger charge is -2.18. The lowest BCUT2D eigenvalue weighted by atomic mass is 10.1. The Bertz CT molecular complexity index is 752. The van der Waals surface area contributed by atoms with Crippen LogP contribution in [0.4, 0.5) is 28.0 Å². The topological polar surface area (TPSA) is 67.3 Å². The van der Waals surface area contributed by atoms with Gasteiger partial charge in [0.15, 0.2) is 5.69 Å². The standard InChI is InChI=1S/C14H12F4N4O2/c1-22(24-2)13(23)21-11-4-3-10(20-12(11)14(16,17)18)8-5-9(15)7-19-6-8/h3-7H,1-2H3,(H,21,23). The molecular formula is C14H12F4N4O2. The third-order valence-corrected chi connectivity index (χ3v) is 2.97. The number of hydroxylamine groups is 2. The fourth-order valence-electron chi connectivity index (χ4n) is 1.77. The highest BCUT2D eigenvalue weighted by Gasteiger charge is 2.36. The van der Waals surface area contributed by atoms with Crippen LogP contribution in [0.1, 0.15) is 5.69 Å². The number of urea groups is 1. The van der Waals surface area contributed by atoms with Gasteiger partial charge in [0.25, 0.3) is 0 Å². The highest BCUT2D eigenvalue weighted by Crippen LogP contribution is 2.35. The molecule has 128 valence electrons. The normalized spacial score (nSPS) is 11.2. The van der Waals surface area contributed by atoms with Crippen molar-refractivity contribution in [1.82, 2.24) is 15.0 Å². The summed E-state index contributed by atoms with van der Waals surface area (Å²) in [6.45, 7) is 0. The molecule has 0 saturated heterocycles. The van der Waals surface area contributed by atoms with Crippen LogP contribution in [0.5, 0.6) is 0 Å². The number of carbonyl (C=O) groups is 1. The van der Waals surface area contributed by atoms with E-state index in [4.69, 9.17) is 0 Å². The summed E-state index contributed by atoms with van der Waals surface area (Å²) in [5, 5.41) is 2.76. The first-order valence-corrected chi connectivity index (χ1v) is 6.50. The third kappa shape index (κ3) is 3.96. The molecule has 0 radical (unpaired) electrons. The molecule has 0 unspecified atom stereocenters. The summed E-state index contributed by atoms with van der Waals surface area (Å²) in [6.07, 6.45) is -2.73. The summed E-state index contributed by atoms with van der Waals surface area (Å²) in [4.78, 5) is 23.3. The predicted octanol–water partition coefficient (Wildman–Crippen LogP) is 3.33. The van der Waals surface area contributed by atoms with Gasteiger partial charge in [-0.15, -0.1) is 0 Å². The van der Waals surface area contributed by atoms with E-state index in [0.717, 1.165) is 18.3 Å². The Morgan fingerprint density at radius 2 is 2.00 bits per heavy atom. The summed E-state index contributed by atoms with van der Waals surface area (Å²) in [6, 6.07) is 2.34. The van der Waals surface area contributed by atoms with E-state index >= 15 is 0 Å². The van der Waals surface area contributed by atoms with Crippen molar-refractivity contribution in [1.29, 1.82) is 0 Å². The van der Waals surface area contributed by atoms with Crippen molar-refractivity contribution in [2.24, 2.45) is 0 Å². The summed E-state index contributed by atoms with van der Waals surface area (Å²) >= 11 is 0. The molecule has 0 saturated carbocycles. The van der Waals surface area contributed by atoms with Crippen LogP contribution in [0.25, 0.3) is 11.3 Å². The van der Waals surface area contributed by atoms with E-state index in [1.807, 2.05) is 5.32 Å². The Hall–Kier alpha value is -2.75. The van der Waals surface area contributed by atoms with E-state index in [1.165, 1.54) is 26.4 Å². The van der Waals surface area contributed by atoms with Crippen LogP contribution < -0.4 is 5.32 Å². The highest BCUT2D eigenvalue weighted by atomic mass is 19.4. The summed E-state index contributed by atoms with van der Waals surface area (Å²) in [7, 11) is 2.41. The second-order valence-electron chi connectivity index (χ2n) is 4.59. The number of hydrogen-bond acceptors (Lipinski definition) is 4. The van der Waals surface area contributed by atoms with E-state index in [-0.39, 0.29) is 11.3 Å². The molecule has 0 aliphatic rings. The minimum absolute atomic E-state index is 0.0763. The first-order valence-electron chi connectivity index (χ1n) is 6.50. The number of pyridine rings is 2. The summed E-state index contributed by atoms with van der Waals surface area (Å²) in [5.41, 5.74) is -1.92. The number of nitrogens with one attached hydrogen (secondary N) is 1. The summed E-state index contributed by atoms with van der Waals surface area (Å²) < 4.78 is 52.8. The van der Waals surface area contributed by atoms with Crippen LogP contribution >= 0.6 is 0 Å². The lowest BCUT2D eigenvalue weighted by Crippen LogP contribution is -2.31. The van der Waals surface area contributed by atoms with Gasteiger partial charge in [-0.1, -0.05) is 0 Å². The van der Waals surface area contributed by atoms with Crippen molar-refractivity contribution in [2.45, 2.75) is 6.18 Å². The van der Waals surface area contributed by atoms with Crippen molar-refractivity contribution in [2.75, 3.05) is 19.5 Å². The Morgan fingerprint density at radius 3 is 2.58 bits per heavy atom. The molecule has 0 spiro atoms. The fourth-order valence-corrected chi connectivity index (χ4v) is 1.77. The predicted molar refractivity (Wildman–Crippen MR) is 76.2 cm³/mol. The first kappa shape index (κ1) is 17.6. The maximum atomic E-state index is 13.2. The zero-order valence-electron chi connectivity index (χ0n) is 12.6. The lowest BCUT2D eigenvalue weighted by molar-refractivity contribution is -0.140. The average Bonchev–Trinajstić information content (AvgIpc) is 2.53. The largest absolute Gasteiger partial charge is 0.435 e. The molecule has 2 amide bonds. The molecule has 0 fully saturated rings. The van der Waals surface area contributed by atoms with Gasteiger partial charge in [0, 0.05) is 18.8 Å². The minimum atomic E-state index is -4.83. The molecule has 10 heteroatoms. The van der Waals surface area contributed by atoms with Crippen LogP contribution in [0.3, 0.4) is 0 Å². The molecule has 0 atom stereocenters. The van der Waals surface area contributed by atoms with Crippen molar-refractivity contribution in [3.63, 3.8) is 0 Å². The Labute approximate surface area is 134 Å². The van der Waals surface area contributed by atoms with Crippen molar-refractivity contribution < 1.29 is 27.2 Å². The zero-order valence-corrected chi connectivity index (χ0v) is 12.6. The van der Waals surface area contributed by atoms with Gasteiger partial charge in [-0.2, -0.15) is 13.2 Å². The van der Waals surface area contributed by atoms with E-state index in [9.17, 15) is 22.4 Å². The SMILES string of the molecule is CON(C)C(=O)Nc1ccc(-c2cncc(F)c2)nc1C(F)(F)F. The number of anilines is 1. The molecule has 0 aliphatic heterocycles. The van der Waals surface area contributed by atoms with Gasteiger partial charge in [-0.25, -0.2) is 19.2 Å². The molecule has 24 heavy (non-hydrogen) atoms. The molecule has 1 N–H and O–H groups in total. The van der Waals surface area contributed by atoms with Gasteiger partial charge in [-0.05, 0) is 18.2 Å². The van der Waals surface area contributed by atoms with Gasteiger partial charge < -0.3 is 5.32 Å².